The Bertz CT molecular complexity index is 965. The summed E-state index contributed by atoms with van der Waals surface area (Å²) in [5, 5.41) is 12.3. The van der Waals surface area contributed by atoms with E-state index in [4.69, 9.17) is 21.1 Å². The SMILES string of the molecule is CCOC(=O)c1ccc(NC(=O)/C(C#N)=C/c2cc(Br)cc(Cl)c2OC)cc1. The van der Waals surface area contributed by atoms with Gasteiger partial charge in [0.05, 0.1) is 24.3 Å². The first kappa shape index (κ1) is 21.5. The Labute approximate surface area is 175 Å². The first-order valence-corrected chi connectivity index (χ1v) is 9.30. The third kappa shape index (κ3) is 5.35. The monoisotopic (exact) mass is 462 g/mol. The van der Waals surface area contributed by atoms with Crippen molar-refractivity contribution in [2.24, 2.45) is 0 Å². The number of nitrogens with one attached hydrogen (secondary N) is 1. The van der Waals surface area contributed by atoms with Gasteiger partial charge in [-0.1, -0.05) is 27.5 Å². The second-order valence-electron chi connectivity index (χ2n) is 5.43. The second kappa shape index (κ2) is 9.93. The quantitative estimate of drug-likeness (QED) is 0.376. The number of anilines is 1. The van der Waals surface area contributed by atoms with Crippen molar-refractivity contribution in [1.29, 1.82) is 5.26 Å². The number of esters is 1. The fourth-order valence-electron chi connectivity index (χ4n) is 2.31. The van der Waals surface area contributed by atoms with Crippen molar-refractivity contribution in [3.8, 4) is 11.8 Å². The summed E-state index contributed by atoms with van der Waals surface area (Å²) in [7, 11) is 1.45. The summed E-state index contributed by atoms with van der Waals surface area (Å²) < 4.78 is 10.8. The van der Waals surface area contributed by atoms with E-state index in [1.807, 2.05) is 6.07 Å². The molecule has 0 unspecified atom stereocenters. The maximum Gasteiger partial charge on any atom is 0.338 e. The van der Waals surface area contributed by atoms with Crippen molar-refractivity contribution in [2.45, 2.75) is 6.92 Å². The standard InChI is InChI=1S/C20H16BrClN2O4/c1-3-28-20(26)12-4-6-16(7-5-12)24-19(25)14(11-23)8-13-9-15(21)10-17(22)18(13)27-2/h4-10H,3H2,1-2H3,(H,24,25)/b14-8+. The Balaban J connectivity index is 2.24. The Hall–Kier alpha value is -2.82. The van der Waals surface area contributed by atoms with E-state index in [1.165, 1.54) is 25.3 Å². The van der Waals surface area contributed by atoms with Gasteiger partial charge in [-0.25, -0.2) is 4.79 Å². The van der Waals surface area contributed by atoms with Crippen LogP contribution in [0.5, 0.6) is 5.75 Å². The Kier molecular flexibility index (Phi) is 7.61. The van der Waals surface area contributed by atoms with Gasteiger partial charge in [0.15, 0.2) is 0 Å². The van der Waals surface area contributed by atoms with Crippen molar-refractivity contribution < 1.29 is 19.1 Å². The van der Waals surface area contributed by atoms with Crippen molar-refractivity contribution in [3.05, 3.63) is 62.6 Å². The van der Waals surface area contributed by atoms with E-state index in [0.29, 0.717) is 32.1 Å². The van der Waals surface area contributed by atoms with Gasteiger partial charge in [-0.2, -0.15) is 5.26 Å². The molecule has 28 heavy (non-hydrogen) atoms. The van der Waals surface area contributed by atoms with Gasteiger partial charge in [-0.05, 0) is 49.4 Å². The lowest BCUT2D eigenvalue weighted by atomic mass is 10.1. The van der Waals surface area contributed by atoms with Crippen molar-refractivity contribution in [1.82, 2.24) is 0 Å². The zero-order valence-electron chi connectivity index (χ0n) is 15.1. The minimum atomic E-state index is -0.607. The molecule has 2 aromatic carbocycles. The number of nitriles is 1. The molecule has 0 spiro atoms. The van der Waals surface area contributed by atoms with Gasteiger partial charge in [0.2, 0.25) is 0 Å². The predicted octanol–water partition coefficient (Wildman–Crippen LogP) is 4.83. The summed E-state index contributed by atoms with van der Waals surface area (Å²) in [6, 6.07) is 11.4. The van der Waals surface area contributed by atoms with Crippen LogP contribution in [0, 0.1) is 11.3 Å². The van der Waals surface area contributed by atoms with Crippen LogP contribution < -0.4 is 10.1 Å². The van der Waals surface area contributed by atoms with Crippen LogP contribution in [0.15, 0.2) is 46.4 Å². The molecule has 0 atom stereocenters. The molecule has 0 heterocycles. The molecule has 0 aliphatic carbocycles. The van der Waals surface area contributed by atoms with E-state index in [0.717, 1.165) is 0 Å². The van der Waals surface area contributed by atoms with Gasteiger partial charge < -0.3 is 14.8 Å². The molecule has 0 aliphatic heterocycles. The fraction of sp³-hybridized carbons (Fsp3) is 0.150. The highest BCUT2D eigenvalue weighted by Gasteiger charge is 2.14. The Morgan fingerprint density at radius 3 is 2.54 bits per heavy atom. The van der Waals surface area contributed by atoms with Crippen LogP contribution in [0.2, 0.25) is 5.02 Å². The third-order valence-corrected chi connectivity index (χ3v) is 4.30. The first-order valence-electron chi connectivity index (χ1n) is 8.13. The topological polar surface area (TPSA) is 88.4 Å². The zero-order valence-corrected chi connectivity index (χ0v) is 17.4. The van der Waals surface area contributed by atoms with Gasteiger partial charge in [-0.3, -0.25) is 4.79 Å². The van der Waals surface area contributed by atoms with E-state index < -0.39 is 11.9 Å². The summed E-state index contributed by atoms with van der Waals surface area (Å²) in [5.74, 6) is -0.703. The number of ether oxygens (including phenoxy) is 2. The van der Waals surface area contributed by atoms with Crippen LogP contribution >= 0.6 is 27.5 Å². The van der Waals surface area contributed by atoms with E-state index in [1.54, 1.807) is 31.2 Å². The van der Waals surface area contributed by atoms with Crippen LogP contribution in [0.1, 0.15) is 22.8 Å². The Morgan fingerprint density at radius 1 is 1.29 bits per heavy atom. The molecule has 2 aromatic rings. The number of amides is 1. The normalized spacial score (nSPS) is 10.8. The molecule has 0 saturated heterocycles. The lowest BCUT2D eigenvalue weighted by molar-refractivity contribution is -0.112. The molecule has 0 radical (unpaired) electrons. The molecule has 6 nitrogen and oxygen atoms in total. The number of hydrogen-bond donors (Lipinski definition) is 1. The molecule has 2 rings (SSSR count). The number of carbonyl (C=O) groups excluding carboxylic acids is 2. The minimum Gasteiger partial charge on any atom is -0.495 e. The molecule has 8 heteroatoms. The lowest BCUT2D eigenvalue weighted by Crippen LogP contribution is -2.13. The summed E-state index contributed by atoms with van der Waals surface area (Å²) in [4.78, 5) is 24.1. The number of carbonyl (C=O) groups is 2. The van der Waals surface area contributed by atoms with E-state index in [2.05, 4.69) is 21.2 Å². The zero-order chi connectivity index (χ0) is 20.7. The second-order valence-corrected chi connectivity index (χ2v) is 6.75. The molecular formula is C20H16BrClN2O4. The fourth-order valence-corrected chi connectivity index (χ4v) is 3.22. The number of hydrogen-bond acceptors (Lipinski definition) is 5. The molecule has 0 bridgehead atoms. The highest BCUT2D eigenvalue weighted by atomic mass is 79.9. The third-order valence-electron chi connectivity index (χ3n) is 3.56. The first-order chi connectivity index (χ1) is 13.4. The van der Waals surface area contributed by atoms with Crippen molar-refractivity contribution in [3.63, 3.8) is 0 Å². The summed E-state index contributed by atoms with van der Waals surface area (Å²) in [6.45, 7) is 1.99. The van der Waals surface area contributed by atoms with E-state index in [9.17, 15) is 14.9 Å². The number of nitrogens with zero attached hydrogens (tertiary/aromatic N) is 1. The Morgan fingerprint density at radius 2 is 1.96 bits per heavy atom. The highest BCUT2D eigenvalue weighted by Crippen LogP contribution is 2.33. The van der Waals surface area contributed by atoms with Gasteiger partial charge in [0, 0.05) is 15.7 Å². The van der Waals surface area contributed by atoms with Crippen molar-refractivity contribution in [2.75, 3.05) is 19.0 Å². The highest BCUT2D eigenvalue weighted by molar-refractivity contribution is 9.10. The lowest BCUT2D eigenvalue weighted by Gasteiger charge is -2.09. The van der Waals surface area contributed by atoms with Crippen LogP contribution in [0.25, 0.3) is 6.08 Å². The smallest absolute Gasteiger partial charge is 0.338 e. The van der Waals surface area contributed by atoms with Crippen molar-refractivity contribution >= 4 is 51.2 Å². The van der Waals surface area contributed by atoms with Crippen LogP contribution in [0.3, 0.4) is 0 Å². The van der Waals surface area contributed by atoms with Gasteiger partial charge in [0.25, 0.3) is 5.91 Å². The summed E-state index contributed by atoms with van der Waals surface area (Å²) >= 11 is 9.45. The van der Waals surface area contributed by atoms with Gasteiger partial charge in [0.1, 0.15) is 17.4 Å². The number of halogens is 2. The average Bonchev–Trinajstić information content (AvgIpc) is 2.66. The maximum atomic E-state index is 12.5. The molecule has 0 fully saturated rings. The van der Waals surface area contributed by atoms with E-state index in [-0.39, 0.29) is 12.2 Å². The summed E-state index contributed by atoms with van der Waals surface area (Å²) in [6.07, 6.45) is 1.39. The average molecular weight is 464 g/mol. The minimum absolute atomic E-state index is 0.137. The van der Waals surface area contributed by atoms with Crippen LogP contribution in [-0.2, 0) is 9.53 Å². The van der Waals surface area contributed by atoms with Gasteiger partial charge >= 0.3 is 5.97 Å². The number of benzene rings is 2. The molecule has 0 saturated carbocycles. The predicted molar refractivity (Wildman–Crippen MR) is 110 cm³/mol. The largest absolute Gasteiger partial charge is 0.495 e. The number of methoxy groups -OCH3 is 1. The molecular weight excluding hydrogens is 448 g/mol. The van der Waals surface area contributed by atoms with E-state index >= 15 is 0 Å². The molecule has 144 valence electrons. The van der Waals surface area contributed by atoms with Gasteiger partial charge in [-0.15, -0.1) is 0 Å². The van der Waals surface area contributed by atoms with Crippen LogP contribution in [0.4, 0.5) is 5.69 Å². The molecule has 1 N–H and O–H groups in total. The molecule has 0 aromatic heterocycles. The maximum absolute atomic E-state index is 12.5. The number of rotatable bonds is 6. The molecule has 0 aliphatic rings. The molecule has 1 amide bonds. The van der Waals surface area contributed by atoms with Crippen LogP contribution in [-0.4, -0.2) is 25.6 Å². The summed E-state index contributed by atoms with van der Waals surface area (Å²) in [5.41, 5.74) is 1.14.